The smallest absolute Gasteiger partial charge is 0.353 e. The van der Waals surface area contributed by atoms with Crippen molar-refractivity contribution in [2.24, 2.45) is 5.92 Å². The van der Waals surface area contributed by atoms with Crippen LogP contribution in [-0.4, -0.2) is 41.2 Å². The van der Waals surface area contributed by atoms with Crippen LogP contribution in [0.5, 0.6) is 0 Å². The quantitative estimate of drug-likeness (QED) is 0.539. The van der Waals surface area contributed by atoms with Crippen LogP contribution in [0.3, 0.4) is 0 Å². The van der Waals surface area contributed by atoms with Crippen molar-refractivity contribution in [3.8, 4) is 0 Å². The Bertz CT molecular complexity index is 1100. The summed E-state index contributed by atoms with van der Waals surface area (Å²) in [6, 6.07) is 7.77. The van der Waals surface area contributed by atoms with E-state index < -0.39 is 17.6 Å². The van der Waals surface area contributed by atoms with Crippen LogP contribution in [0.1, 0.15) is 23.1 Å². The van der Waals surface area contributed by atoms with Crippen molar-refractivity contribution in [3.63, 3.8) is 0 Å². The number of carbonyl (C=O) groups excluding carboxylic acids is 2. The highest BCUT2D eigenvalue weighted by Gasteiger charge is 2.34. The number of hydrogen-bond donors (Lipinski definition) is 1. The van der Waals surface area contributed by atoms with E-state index in [0.29, 0.717) is 50.8 Å². The fraction of sp³-hybridized carbons (Fsp3) is 0.333. The molecule has 2 aromatic carbocycles. The first-order valence-electron chi connectivity index (χ1n) is 10.6. The molecule has 1 unspecified atom stereocenters. The van der Waals surface area contributed by atoms with Crippen LogP contribution in [0.15, 0.2) is 49.1 Å². The number of carbonyl (C=O) groups is 2. The van der Waals surface area contributed by atoms with Crippen molar-refractivity contribution >= 4 is 23.2 Å². The molecule has 2 amide bonds. The number of nitrogens with zero attached hydrogens (tertiary/aromatic N) is 2. The summed E-state index contributed by atoms with van der Waals surface area (Å²) in [6.07, 6.45) is -2.24. The van der Waals surface area contributed by atoms with E-state index >= 15 is 0 Å². The highest BCUT2D eigenvalue weighted by atomic mass is 19.4. The molecule has 2 aliphatic heterocycles. The van der Waals surface area contributed by atoms with Crippen LogP contribution in [0, 0.1) is 11.7 Å². The molecule has 0 saturated carbocycles. The van der Waals surface area contributed by atoms with Gasteiger partial charge in [0.2, 0.25) is 11.8 Å². The van der Waals surface area contributed by atoms with E-state index in [0.717, 1.165) is 23.3 Å². The second kappa shape index (κ2) is 8.88. The second-order valence-electron chi connectivity index (χ2n) is 8.24. The summed E-state index contributed by atoms with van der Waals surface area (Å²) in [5.41, 5.74) is 1.30. The number of halogens is 4. The molecule has 2 aromatic rings. The van der Waals surface area contributed by atoms with Gasteiger partial charge >= 0.3 is 6.18 Å². The molecule has 0 bridgehead atoms. The summed E-state index contributed by atoms with van der Waals surface area (Å²) < 4.78 is 52.7. The van der Waals surface area contributed by atoms with Gasteiger partial charge in [-0.25, -0.2) is 4.39 Å². The van der Waals surface area contributed by atoms with Crippen LogP contribution in [0.25, 0.3) is 0 Å². The third-order valence-electron chi connectivity index (χ3n) is 6.17. The monoisotopic (exact) mass is 461 g/mol. The predicted molar refractivity (Wildman–Crippen MR) is 115 cm³/mol. The normalized spacial score (nSPS) is 18.1. The Labute approximate surface area is 188 Å². The van der Waals surface area contributed by atoms with Crippen molar-refractivity contribution in [2.75, 3.05) is 25.0 Å². The first kappa shape index (κ1) is 22.8. The van der Waals surface area contributed by atoms with Gasteiger partial charge in [0.25, 0.3) is 0 Å². The Hall–Kier alpha value is -3.36. The lowest BCUT2D eigenvalue weighted by atomic mass is 9.96. The molecule has 2 aliphatic rings. The largest absolute Gasteiger partial charge is 0.416 e. The number of rotatable bonds is 4. The van der Waals surface area contributed by atoms with E-state index in [1.54, 1.807) is 21.9 Å². The summed E-state index contributed by atoms with van der Waals surface area (Å²) in [7, 11) is 0. The van der Waals surface area contributed by atoms with Crippen molar-refractivity contribution in [2.45, 2.75) is 25.6 Å². The molecule has 1 atom stereocenters. The van der Waals surface area contributed by atoms with Gasteiger partial charge in [0.1, 0.15) is 5.82 Å². The number of likely N-dealkylation sites (tertiary alicyclic amines) is 1. The molecule has 0 aliphatic carbocycles. The van der Waals surface area contributed by atoms with Gasteiger partial charge in [-0.3, -0.25) is 9.59 Å². The lowest BCUT2D eigenvalue weighted by Crippen LogP contribution is -2.41. The molecule has 174 valence electrons. The summed E-state index contributed by atoms with van der Waals surface area (Å²) in [5.74, 6) is -1.43. The SMILES string of the molecule is C=CC(=O)N1CCC(C(=O)N2CCc3c(cccc3Nc3ccc(C(F)(F)F)cc3F)C2)C1. The standard InChI is InChI=1S/C24H23F4N3O2/c1-2-22(32)30-10-8-16(14-30)23(33)31-11-9-18-15(13-31)4-3-5-20(18)29-21-7-6-17(12-19(21)25)24(26,27)28/h2-7,12,16,29H,1,8-11,13-14H2. The zero-order valence-electron chi connectivity index (χ0n) is 17.8. The summed E-state index contributed by atoms with van der Waals surface area (Å²) in [6.45, 7) is 5.23. The molecule has 33 heavy (non-hydrogen) atoms. The number of benzene rings is 2. The van der Waals surface area contributed by atoms with E-state index in [2.05, 4.69) is 11.9 Å². The average Bonchev–Trinajstić information content (AvgIpc) is 3.29. The fourth-order valence-electron chi connectivity index (χ4n) is 4.40. The maximum Gasteiger partial charge on any atom is 0.416 e. The van der Waals surface area contributed by atoms with Crippen molar-refractivity contribution in [1.82, 2.24) is 9.80 Å². The molecule has 9 heteroatoms. The number of fused-ring (bicyclic) bond motifs is 1. The second-order valence-corrected chi connectivity index (χ2v) is 8.24. The van der Waals surface area contributed by atoms with Crippen molar-refractivity contribution in [3.05, 3.63) is 71.6 Å². The molecule has 0 aromatic heterocycles. The minimum absolute atomic E-state index is 0.00726. The van der Waals surface area contributed by atoms with E-state index in [1.165, 1.54) is 6.08 Å². The molecule has 1 fully saturated rings. The molecule has 0 radical (unpaired) electrons. The minimum Gasteiger partial charge on any atom is -0.353 e. The van der Waals surface area contributed by atoms with E-state index in [-0.39, 0.29) is 23.4 Å². The number of amides is 2. The van der Waals surface area contributed by atoms with Crippen LogP contribution in [0.2, 0.25) is 0 Å². The van der Waals surface area contributed by atoms with Gasteiger partial charge in [0, 0.05) is 31.9 Å². The lowest BCUT2D eigenvalue weighted by Gasteiger charge is -2.32. The fourth-order valence-corrected chi connectivity index (χ4v) is 4.40. The molecule has 1 N–H and O–H groups in total. The molecular weight excluding hydrogens is 438 g/mol. The maximum absolute atomic E-state index is 14.3. The number of hydrogen-bond acceptors (Lipinski definition) is 3. The topological polar surface area (TPSA) is 52.7 Å². The van der Waals surface area contributed by atoms with Crippen LogP contribution >= 0.6 is 0 Å². The number of anilines is 2. The molecule has 1 saturated heterocycles. The first-order chi connectivity index (χ1) is 15.7. The third-order valence-corrected chi connectivity index (χ3v) is 6.17. The predicted octanol–water partition coefficient (Wildman–Crippen LogP) is 4.51. The Morgan fingerprint density at radius 1 is 1.09 bits per heavy atom. The van der Waals surface area contributed by atoms with Crippen molar-refractivity contribution in [1.29, 1.82) is 0 Å². The highest BCUT2D eigenvalue weighted by molar-refractivity contribution is 5.88. The van der Waals surface area contributed by atoms with Crippen LogP contribution in [-0.2, 0) is 28.7 Å². The summed E-state index contributed by atoms with van der Waals surface area (Å²) in [5, 5.41) is 2.90. The van der Waals surface area contributed by atoms with Gasteiger partial charge in [0.05, 0.1) is 17.2 Å². The Balaban J connectivity index is 1.47. The van der Waals surface area contributed by atoms with Gasteiger partial charge in [-0.15, -0.1) is 0 Å². The van der Waals surface area contributed by atoms with Gasteiger partial charge in [-0.1, -0.05) is 18.7 Å². The van der Waals surface area contributed by atoms with E-state index in [9.17, 15) is 27.2 Å². The first-order valence-corrected chi connectivity index (χ1v) is 10.6. The molecular formula is C24H23F4N3O2. The van der Waals surface area contributed by atoms with E-state index in [1.807, 2.05) is 6.07 Å². The maximum atomic E-state index is 14.3. The zero-order valence-corrected chi connectivity index (χ0v) is 17.8. The minimum atomic E-state index is -4.61. The Morgan fingerprint density at radius 3 is 2.58 bits per heavy atom. The molecule has 2 heterocycles. The van der Waals surface area contributed by atoms with Gasteiger partial charge in [0.15, 0.2) is 0 Å². The van der Waals surface area contributed by atoms with Gasteiger partial charge in [-0.05, 0) is 54.3 Å². The third kappa shape index (κ3) is 4.72. The van der Waals surface area contributed by atoms with Crippen LogP contribution < -0.4 is 5.32 Å². The molecule has 4 rings (SSSR count). The Kier molecular flexibility index (Phi) is 6.14. The molecule has 5 nitrogen and oxygen atoms in total. The Morgan fingerprint density at radius 2 is 1.88 bits per heavy atom. The van der Waals surface area contributed by atoms with Gasteiger partial charge < -0.3 is 15.1 Å². The average molecular weight is 461 g/mol. The molecule has 0 spiro atoms. The number of alkyl halides is 3. The van der Waals surface area contributed by atoms with E-state index in [4.69, 9.17) is 0 Å². The lowest BCUT2D eigenvalue weighted by molar-refractivity contribution is -0.138. The van der Waals surface area contributed by atoms with Crippen molar-refractivity contribution < 1.29 is 27.2 Å². The van der Waals surface area contributed by atoms with Crippen LogP contribution in [0.4, 0.5) is 28.9 Å². The summed E-state index contributed by atoms with van der Waals surface area (Å²) in [4.78, 5) is 28.2. The summed E-state index contributed by atoms with van der Waals surface area (Å²) >= 11 is 0. The number of nitrogens with one attached hydrogen (secondary N) is 1. The highest BCUT2D eigenvalue weighted by Crippen LogP contribution is 2.34. The zero-order chi connectivity index (χ0) is 23.8. The van der Waals surface area contributed by atoms with Gasteiger partial charge in [-0.2, -0.15) is 13.2 Å².